The Morgan fingerprint density at radius 2 is 1.92 bits per heavy atom. The number of thiazole rings is 1. The van der Waals surface area contributed by atoms with Crippen LogP contribution in [0.15, 0.2) is 48.7 Å². The molecule has 37 heavy (non-hydrogen) atoms. The number of anilines is 1. The van der Waals surface area contributed by atoms with Crippen LogP contribution in [0.25, 0.3) is 0 Å². The summed E-state index contributed by atoms with van der Waals surface area (Å²) in [5.41, 5.74) is 1.42. The molecule has 10 heteroatoms. The van der Waals surface area contributed by atoms with E-state index in [-0.39, 0.29) is 25.3 Å². The topological polar surface area (TPSA) is 87.2 Å². The fourth-order valence-corrected chi connectivity index (χ4v) is 6.47. The van der Waals surface area contributed by atoms with Gasteiger partial charge in [0.2, 0.25) is 12.7 Å². The minimum atomic E-state index is -0.558. The zero-order valence-corrected chi connectivity index (χ0v) is 21.9. The highest BCUT2D eigenvalue weighted by Crippen LogP contribution is 2.51. The molecule has 8 nitrogen and oxygen atoms in total. The zero-order valence-electron chi connectivity index (χ0n) is 20.4. The van der Waals surface area contributed by atoms with Gasteiger partial charge < -0.3 is 19.9 Å². The van der Waals surface area contributed by atoms with Gasteiger partial charge in [0, 0.05) is 48.8 Å². The molecule has 1 amide bonds. The van der Waals surface area contributed by atoms with Crippen LogP contribution in [0, 0.1) is 0 Å². The summed E-state index contributed by atoms with van der Waals surface area (Å²) in [6, 6.07) is 13.6. The maximum absolute atomic E-state index is 13.4. The van der Waals surface area contributed by atoms with Crippen LogP contribution < -0.4 is 14.8 Å². The predicted octanol–water partition coefficient (Wildman–Crippen LogP) is 3.89. The molecule has 2 aliphatic heterocycles. The van der Waals surface area contributed by atoms with Crippen molar-refractivity contribution in [1.82, 2.24) is 14.8 Å². The minimum Gasteiger partial charge on any atom is -0.454 e. The second kappa shape index (κ2) is 10.2. The Morgan fingerprint density at radius 3 is 2.68 bits per heavy atom. The van der Waals surface area contributed by atoms with Crippen LogP contribution in [0.2, 0.25) is 5.02 Å². The van der Waals surface area contributed by atoms with Crippen molar-refractivity contribution in [3.63, 3.8) is 0 Å². The average molecular weight is 541 g/mol. The number of fused-ring (bicyclic) bond motifs is 1. The number of β-amino-alcohol motifs (C(OH)–C–C–N with tert-alkyl or cyclic N) is 1. The van der Waals surface area contributed by atoms with Gasteiger partial charge in [0.05, 0.1) is 18.1 Å². The summed E-state index contributed by atoms with van der Waals surface area (Å²) in [5, 5.41) is 13.7. The van der Waals surface area contributed by atoms with Gasteiger partial charge in [-0.2, -0.15) is 0 Å². The van der Waals surface area contributed by atoms with E-state index in [1.807, 2.05) is 42.6 Å². The highest BCUT2D eigenvalue weighted by molar-refractivity contribution is 7.15. The number of hydrogen-bond acceptors (Lipinski definition) is 8. The summed E-state index contributed by atoms with van der Waals surface area (Å²) in [4.78, 5) is 23.7. The molecular formula is C27H29ClN4O4S. The number of piperazine rings is 1. The average Bonchev–Trinajstić information content (AvgIpc) is 3.38. The number of aromatic nitrogens is 1. The summed E-state index contributed by atoms with van der Waals surface area (Å²) in [5.74, 6) is 1.36. The summed E-state index contributed by atoms with van der Waals surface area (Å²) < 4.78 is 10.9. The van der Waals surface area contributed by atoms with E-state index in [1.54, 1.807) is 0 Å². The first-order valence-electron chi connectivity index (χ1n) is 12.6. The van der Waals surface area contributed by atoms with Crippen LogP contribution >= 0.6 is 22.9 Å². The molecular weight excluding hydrogens is 512 g/mol. The molecule has 6 rings (SSSR count). The second-order valence-corrected chi connectivity index (χ2v) is 11.2. The van der Waals surface area contributed by atoms with E-state index in [0.717, 1.165) is 55.0 Å². The van der Waals surface area contributed by atoms with Crippen LogP contribution in [-0.2, 0) is 10.2 Å². The Kier molecular flexibility index (Phi) is 6.81. The van der Waals surface area contributed by atoms with Crippen LogP contribution in [-0.4, -0.2) is 71.9 Å². The monoisotopic (exact) mass is 540 g/mol. The predicted molar refractivity (Wildman–Crippen MR) is 143 cm³/mol. The number of hydrogen-bond donors (Lipinski definition) is 2. The van der Waals surface area contributed by atoms with Crippen LogP contribution in [0.3, 0.4) is 0 Å². The van der Waals surface area contributed by atoms with E-state index >= 15 is 0 Å². The van der Waals surface area contributed by atoms with Crippen molar-refractivity contribution in [3.05, 3.63) is 69.7 Å². The van der Waals surface area contributed by atoms with Crippen LogP contribution in [0.4, 0.5) is 5.13 Å². The van der Waals surface area contributed by atoms with E-state index < -0.39 is 5.41 Å². The fourth-order valence-electron chi connectivity index (χ4n) is 5.27. The Hall–Kier alpha value is -2.69. The Balaban J connectivity index is 1.22. The lowest BCUT2D eigenvalue weighted by Crippen LogP contribution is -2.48. The van der Waals surface area contributed by atoms with Gasteiger partial charge in [0.1, 0.15) is 0 Å². The van der Waals surface area contributed by atoms with Crippen molar-refractivity contribution in [1.29, 1.82) is 0 Å². The number of benzene rings is 2. The molecule has 1 aromatic heterocycles. The number of aliphatic hydroxyl groups is 1. The van der Waals surface area contributed by atoms with Gasteiger partial charge in [0.15, 0.2) is 16.6 Å². The lowest BCUT2D eigenvalue weighted by atomic mass is 9.94. The van der Waals surface area contributed by atoms with E-state index in [2.05, 4.69) is 26.2 Å². The highest BCUT2D eigenvalue weighted by Gasteiger charge is 2.52. The Bertz CT molecular complexity index is 1290. The molecule has 1 unspecified atom stereocenters. The third-order valence-corrected chi connectivity index (χ3v) is 8.82. The van der Waals surface area contributed by atoms with Gasteiger partial charge >= 0.3 is 0 Å². The number of carbonyl (C=O) groups is 1. The van der Waals surface area contributed by atoms with Crippen molar-refractivity contribution >= 4 is 34.0 Å². The Labute approximate surface area is 224 Å². The minimum absolute atomic E-state index is 0.0424. The molecule has 1 saturated heterocycles. The van der Waals surface area contributed by atoms with Crippen LogP contribution in [0.1, 0.15) is 34.9 Å². The van der Waals surface area contributed by atoms with Gasteiger partial charge in [-0.1, -0.05) is 47.2 Å². The fraction of sp³-hybridized carbons (Fsp3) is 0.407. The van der Waals surface area contributed by atoms with Crippen molar-refractivity contribution in [3.8, 4) is 11.5 Å². The number of nitrogens with one attached hydrogen (secondary N) is 1. The number of rotatable bonds is 8. The quantitative estimate of drug-likeness (QED) is 0.448. The van der Waals surface area contributed by atoms with E-state index in [0.29, 0.717) is 28.2 Å². The molecule has 1 saturated carbocycles. The molecule has 3 heterocycles. The third-order valence-electron chi connectivity index (χ3n) is 7.51. The molecule has 2 fully saturated rings. The largest absolute Gasteiger partial charge is 0.454 e. The number of aliphatic hydroxyl groups excluding tert-OH is 1. The third kappa shape index (κ3) is 4.82. The van der Waals surface area contributed by atoms with Crippen molar-refractivity contribution < 1.29 is 19.4 Å². The molecule has 0 radical (unpaired) electrons. The molecule has 3 aromatic rings. The molecule has 1 aliphatic carbocycles. The number of ether oxygens (including phenoxy) is 2. The van der Waals surface area contributed by atoms with Crippen molar-refractivity contribution in [2.75, 3.05) is 51.4 Å². The molecule has 0 bridgehead atoms. The number of halogens is 1. The number of carbonyl (C=O) groups excluding carboxylic acids is 1. The molecule has 1 atom stereocenters. The van der Waals surface area contributed by atoms with Gasteiger partial charge in [-0.05, 0) is 42.2 Å². The molecule has 2 N–H and O–H groups in total. The first kappa shape index (κ1) is 24.6. The first-order valence-corrected chi connectivity index (χ1v) is 13.8. The molecule has 3 aliphatic rings. The van der Waals surface area contributed by atoms with E-state index in [9.17, 15) is 9.90 Å². The first-order chi connectivity index (χ1) is 18.1. The second-order valence-electron chi connectivity index (χ2n) is 9.70. The summed E-state index contributed by atoms with van der Waals surface area (Å²) >= 11 is 8.15. The molecule has 0 spiro atoms. The molecule has 2 aromatic carbocycles. The normalized spacial score (nSPS) is 19.5. The lowest BCUT2D eigenvalue weighted by Gasteiger charge is -2.39. The smallest absolute Gasteiger partial charge is 0.236 e. The summed E-state index contributed by atoms with van der Waals surface area (Å²) in [6.07, 6.45) is 3.43. The molecule has 194 valence electrons. The van der Waals surface area contributed by atoms with Crippen molar-refractivity contribution in [2.24, 2.45) is 0 Å². The van der Waals surface area contributed by atoms with Crippen molar-refractivity contribution in [2.45, 2.75) is 24.3 Å². The standard InChI is InChI=1S/C27H29ClN4O4S/c28-20-4-2-1-3-19(20)24(32-11-9-31(10-12-32)13-14-33)23-16-29-26(37-23)30-25(34)27(7-8-27)18-5-6-21-22(15-18)36-17-35-21/h1-6,15-16,24,33H,7-14,17H2,(H,29,30,34). The van der Waals surface area contributed by atoms with Gasteiger partial charge in [-0.3, -0.25) is 14.6 Å². The SMILES string of the molecule is O=C(Nc1ncc(C(c2ccccc2Cl)N2CCN(CCO)CC2)s1)C1(c2ccc3c(c2)OCO3)CC1. The van der Waals surface area contributed by atoms with E-state index in [4.69, 9.17) is 21.1 Å². The van der Waals surface area contributed by atoms with Gasteiger partial charge in [-0.25, -0.2) is 4.98 Å². The number of amides is 1. The van der Waals surface area contributed by atoms with Gasteiger partial charge in [-0.15, -0.1) is 0 Å². The maximum atomic E-state index is 13.4. The zero-order chi connectivity index (χ0) is 25.4. The van der Waals surface area contributed by atoms with Crippen LogP contribution in [0.5, 0.6) is 11.5 Å². The maximum Gasteiger partial charge on any atom is 0.236 e. The Morgan fingerprint density at radius 1 is 1.14 bits per heavy atom. The lowest BCUT2D eigenvalue weighted by molar-refractivity contribution is -0.118. The summed E-state index contributed by atoms with van der Waals surface area (Å²) in [6.45, 7) is 4.52. The summed E-state index contributed by atoms with van der Waals surface area (Å²) in [7, 11) is 0. The number of nitrogens with zero attached hydrogens (tertiary/aromatic N) is 3. The van der Waals surface area contributed by atoms with E-state index in [1.165, 1.54) is 11.3 Å². The highest BCUT2D eigenvalue weighted by atomic mass is 35.5. The van der Waals surface area contributed by atoms with Gasteiger partial charge in [0.25, 0.3) is 0 Å².